The molecule has 1 aromatic carbocycles. The molecule has 18 heavy (non-hydrogen) atoms. The van der Waals surface area contributed by atoms with E-state index in [1.165, 1.54) is 16.0 Å². The molecule has 1 heterocycles. The Morgan fingerprint density at radius 2 is 1.72 bits per heavy atom. The number of nitrogens with one attached hydrogen (secondary N) is 1. The molecule has 0 aliphatic rings. The lowest BCUT2D eigenvalue weighted by atomic mass is 9.98. The highest BCUT2D eigenvalue weighted by Gasteiger charge is 2.14. The van der Waals surface area contributed by atoms with Crippen molar-refractivity contribution >= 4 is 27.3 Å². The minimum Gasteiger partial charge on any atom is -0.309 e. The monoisotopic (exact) mass is 323 g/mol. The van der Waals surface area contributed by atoms with Gasteiger partial charge in [0.15, 0.2) is 0 Å². The van der Waals surface area contributed by atoms with E-state index in [9.17, 15) is 0 Å². The fraction of sp³-hybridized carbons (Fsp3) is 0.333. The molecule has 0 saturated heterocycles. The molecule has 2 rings (SSSR count). The molecule has 0 aliphatic heterocycles. The van der Waals surface area contributed by atoms with E-state index in [2.05, 4.69) is 70.8 Å². The largest absolute Gasteiger partial charge is 0.309 e. The van der Waals surface area contributed by atoms with Crippen LogP contribution in [0, 0.1) is 0 Å². The third-order valence-electron chi connectivity index (χ3n) is 3.10. The molecule has 2 aromatic rings. The maximum absolute atomic E-state index is 3.52. The van der Waals surface area contributed by atoms with E-state index >= 15 is 0 Å². The standard InChI is InChI=1S/C15H18BrNS/c1-10(2)11-4-6-12(7-5-11)15(17-3)14-8-13(16)9-18-14/h4-10,15,17H,1-3H3. The minimum absolute atomic E-state index is 0.280. The van der Waals surface area contributed by atoms with Gasteiger partial charge >= 0.3 is 0 Å². The molecule has 3 heteroatoms. The van der Waals surface area contributed by atoms with Gasteiger partial charge in [-0.05, 0) is 46.1 Å². The number of hydrogen-bond donors (Lipinski definition) is 1. The third-order valence-corrected chi connectivity index (χ3v) is 4.86. The smallest absolute Gasteiger partial charge is 0.0669 e. The average molecular weight is 324 g/mol. The van der Waals surface area contributed by atoms with Gasteiger partial charge in [0.05, 0.1) is 6.04 Å². The first-order chi connectivity index (χ1) is 8.61. The number of benzene rings is 1. The van der Waals surface area contributed by atoms with Crippen molar-refractivity contribution in [1.29, 1.82) is 0 Å². The topological polar surface area (TPSA) is 12.0 Å². The first-order valence-electron chi connectivity index (χ1n) is 6.13. The molecule has 0 bridgehead atoms. The summed E-state index contributed by atoms with van der Waals surface area (Å²) in [7, 11) is 2.01. The van der Waals surface area contributed by atoms with Crippen LogP contribution in [0.5, 0.6) is 0 Å². The van der Waals surface area contributed by atoms with Crippen LogP contribution in [0.4, 0.5) is 0 Å². The van der Waals surface area contributed by atoms with Gasteiger partial charge in [0, 0.05) is 14.7 Å². The Kier molecular flexibility index (Phi) is 4.60. The summed E-state index contributed by atoms with van der Waals surface area (Å²) in [4.78, 5) is 1.33. The highest BCUT2D eigenvalue weighted by atomic mass is 79.9. The summed E-state index contributed by atoms with van der Waals surface area (Å²) in [6.07, 6.45) is 0. The molecule has 0 fully saturated rings. The van der Waals surface area contributed by atoms with Crippen molar-refractivity contribution in [3.8, 4) is 0 Å². The lowest BCUT2D eigenvalue weighted by Crippen LogP contribution is -2.16. The molecule has 0 radical (unpaired) electrons. The number of hydrogen-bond acceptors (Lipinski definition) is 2. The average Bonchev–Trinajstić information content (AvgIpc) is 2.77. The molecule has 0 amide bonds. The lowest BCUT2D eigenvalue weighted by Gasteiger charge is -2.16. The van der Waals surface area contributed by atoms with Crippen molar-refractivity contribution in [2.24, 2.45) is 0 Å². The fourth-order valence-corrected chi connectivity index (χ4v) is 3.61. The zero-order chi connectivity index (χ0) is 13.1. The van der Waals surface area contributed by atoms with E-state index in [4.69, 9.17) is 0 Å². The minimum atomic E-state index is 0.280. The zero-order valence-electron chi connectivity index (χ0n) is 10.9. The summed E-state index contributed by atoms with van der Waals surface area (Å²) < 4.78 is 1.15. The summed E-state index contributed by atoms with van der Waals surface area (Å²) in [5.41, 5.74) is 2.71. The summed E-state index contributed by atoms with van der Waals surface area (Å²) in [5, 5.41) is 5.51. The molecule has 1 N–H and O–H groups in total. The summed E-state index contributed by atoms with van der Waals surface area (Å²) >= 11 is 5.29. The van der Waals surface area contributed by atoms with E-state index in [1.54, 1.807) is 11.3 Å². The second-order valence-electron chi connectivity index (χ2n) is 4.71. The van der Waals surface area contributed by atoms with Crippen molar-refractivity contribution < 1.29 is 0 Å². The Labute approximate surface area is 121 Å². The van der Waals surface area contributed by atoms with Crippen LogP contribution in [0.3, 0.4) is 0 Å². The Hall–Kier alpha value is -0.640. The third kappa shape index (κ3) is 3.02. The van der Waals surface area contributed by atoms with Crippen molar-refractivity contribution in [1.82, 2.24) is 5.32 Å². The number of halogens is 1. The van der Waals surface area contributed by atoms with E-state index in [-0.39, 0.29) is 6.04 Å². The lowest BCUT2D eigenvalue weighted by molar-refractivity contribution is 0.702. The summed E-state index contributed by atoms with van der Waals surface area (Å²) in [6.45, 7) is 4.45. The van der Waals surface area contributed by atoms with Crippen LogP contribution in [0.15, 0.2) is 40.2 Å². The number of thiophene rings is 1. The van der Waals surface area contributed by atoms with Crippen LogP contribution in [-0.2, 0) is 0 Å². The van der Waals surface area contributed by atoms with Crippen LogP contribution in [0.2, 0.25) is 0 Å². The molecule has 96 valence electrons. The van der Waals surface area contributed by atoms with Crippen LogP contribution < -0.4 is 5.32 Å². The maximum Gasteiger partial charge on any atom is 0.0669 e. The van der Waals surface area contributed by atoms with Gasteiger partial charge in [0.25, 0.3) is 0 Å². The van der Waals surface area contributed by atoms with Gasteiger partial charge in [0.2, 0.25) is 0 Å². The van der Waals surface area contributed by atoms with Gasteiger partial charge in [-0.1, -0.05) is 38.1 Å². The Morgan fingerprint density at radius 1 is 1.11 bits per heavy atom. The van der Waals surface area contributed by atoms with Crippen LogP contribution in [0.25, 0.3) is 0 Å². The van der Waals surface area contributed by atoms with Crippen molar-refractivity contribution in [3.63, 3.8) is 0 Å². The van der Waals surface area contributed by atoms with E-state index < -0.39 is 0 Å². The Bertz CT molecular complexity index is 501. The van der Waals surface area contributed by atoms with E-state index in [1.807, 2.05) is 7.05 Å². The SMILES string of the molecule is CNC(c1ccc(C(C)C)cc1)c1cc(Br)cs1. The quantitative estimate of drug-likeness (QED) is 0.840. The maximum atomic E-state index is 3.52. The van der Waals surface area contributed by atoms with Gasteiger partial charge in [-0.25, -0.2) is 0 Å². The predicted molar refractivity (Wildman–Crippen MR) is 83.5 cm³/mol. The van der Waals surface area contributed by atoms with Crippen molar-refractivity contribution in [2.45, 2.75) is 25.8 Å². The highest BCUT2D eigenvalue weighted by molar-refractivity contribution is 9.10. The fourth-order valence-electron chi connectivity index (χ4n) is 2.03. The van der Waals surface area contributed by atoms with Crippen molar-refractivity contribution in [3.05, 3.63) is 56.2 Å². The van der Waals surface area contributed by atoms with Gasteiger partial charge in [-0.2, -0.15) is 0 Å². The normalized spacial score (nSPS) is 12.9. The Morgan fingerprint density at radius 3 is 2.17 bits per heavy atom. The van der Waals surface area contributed by atoms with Crippen LogP contribution in [-0.4, -0.2) is 7.05 Å². The molecule has 0 spiro atoms. The van der Waals surface area contributed by atoms with Gasteiger partial charge in [-0.3, -0.25) is 0 Å². The van der Waals surface area contributed by atoms with Gasteiger partial charge in [-0.15, -0.1) is 11.3 Å². The van der Waals surface area contributed by atoms with Crippen LogP contribution in [0.1, 0.15) is 41.8 Å². The summed E-state index contributed by atoms with van der Waals surface area (Å²) in [6, 6.07) is 11.4. The molecular weight excluding hydrogens is 306 g/mol. The molecule has 1 unspecified atom stereocenters. The second kappa shape index (κ2) is 6.00. The van der Waals surface area contributed by atoms with Crippen LogP contribution >= 0.6 is 27.3 Å². The zero-order valence-corrected chi connectivity index (χ0v) is 13.3. The predicted octanol–water partition coefficient (Wildman–Crippen LogP) is 4.94. The molecule has 0 aliphatic carbocycles. The van der Waals surface area contributed by atoms with Crippen molar-refractivity contribution in [2.75, 3.05) is 7.05 Å². The molecule has 1 nitrogen and oxygen atoms in total. The number of rotatable bonds is 4. The highest BCUT2D eigenvalue weighted by Crippen LogP contribution is 2.30. The first kappa shape index (κ1) is 13.8. The van der Waals surface area contributed by atoms with Gasteiger partial charge < -0.3 is 5.32 Å². The Balaban J connectivity index is 2.28. The molecule has 1 aromatic heterocycles. The first-order valence-corrected chi connectivity index (χ1v) is 7.80. The molecule has 0 saturated carbocycles. The molecular formula is C15H18BrNS. The van der Waals surface area contributed by atoms with E-state index in [0.29, 0.717) is 5.92 Å². The second-order valence-corrected chi connectivity index (χ2v) is 6.57. The summed E-state index contributed by atoms with van der Waals surface area (Å²) in [5.74, 6) is 0.586. The molecule has 1 atom stereocenters. The van der Waals surface area contributed by atoms with Gasteiger partial charge in [0.1, 0.15) is 0 Å². The van der Waals surface area contributed by atoms with E-state index in [0.717, 1.165) is 4.47 Å².